The highest BCUT2D eigenvalue weighted by Gasteiger charge is 2.82. The Hall–Kier alpha value is -0.0400. The lowest BCUT2D eigenvalue weighted by Crippen LogP contribution is -2.57. The van der Waals surface area contributed by atoms with Crippen molar-refractivity contribution in [3.63, 3.8) is 0 Å². The number of aliphatic hydroxyl groups excluding tert-OH is 1. The van der Waals surface area contributed by atoms with Crippen molar-refractivity contribution in [2.24, 2.45) is 62.6 Å². The van der Waals surface area contributed by atoms with E-state index in [1.807, 2.05) is 0 Å². The Morgan fingerprint density at radius 1 is 0.719 bits per heavy atom. The molecular formula is C31H54O. The van der Waals surface area contributed by atoms with E-state index in [0.717, 1.165) is 41.9 Å². The molecule has 1 heteroatoms. The van der Waals surface area contributed by atoms with Crippen molar-refractivity contribution in [1.82, 2.24) is 0 Å². The molecule has 0 aromatic heterocycles. The summed E-state index contributed by atoms with van der Waals surface area (Å²) in [6.07, 6.45) is 15.4. The molecule has 0 aliphatic heterocycles. The SMILES string of the molecule is CC(C)[C@@H](C)CC[C@@H](C)[C@H]1CC[C@@]2(C)[C@@H]3CC[C@H]4C(C)(C)[C@@H](O)CC[C@@]45C[C@@]35CC[C@]12C. The second kappa shape index (κ2) is 7.24. The first-order chi connectivity index (χ1) is 14.9. The molecule has 5 rings (SSSR count). The Labute approximate surface area is 199 Å². The predicted molar refractivity (Wildman–Crippen MR) is 135 cm³/mol. The van der Waals surface area contributed by atoms with Crippen LogP contribution in [0.15, 0.2) is 0 Å². The standard InChI is InChI=1S/C31H54O/c1-20(2)21(3)9-10-22(4)23-13-15-29(8)25-12-11-24-27(5,6)26(32)14-16-30(24)19-31(25,30)18-17-28(23,29)7/h20-26,32H,9-19H2,1-8H3/t21-,22+,23+,24-,25-,26-,28+,29-,30+,31-/m0/s1. The van der Waals surface area contributed by atoms with Gasteiger partial charge in [-0.3, -0.25) is 0 Å². The number of aliphatic hydroxyl groups is 1. The van der Waals surface area contributed by atoms with Crippen molar-refractivity contribution >= 4 is 0 Å². The van der Waals surface area contributed by atoms with Gasteiger partial charge in [0.05, 0.1) is 6.10 Å². The third-order valence-corrected chi connectivity index (χ3v) is 14.1. The Morgan fingerprint density at radius 3 is 2.06 bits per heavy atom. The van der Waals surface area contributed by atoms with Crippen LogP contribution in [0.1, 0.15) is 126 Å². The predicted octanol–water partition coefficient (Wildman–Crippen LogP) is 8.49. The summed E-state index contributed by atoms with van der Waals surface area (Å²) in [7, 11) is 0. The van der Waals surface area contributed by atoms with Crippen molar-refractivity contribution in [2.45, 2.75) is 132 Å². The van der Waals surface area contributed by atoms with Gasteiger partial charge in [-0.15, -0.1) is 0 Å². The number of rotatable bonds is 5. The number of fused-ring (bicyclic) bond motifs is 2. The van der Waals surface area contributed by atoms with Crippen molar-refractivity contribution in [3.8, 4) is 0 Å². The van der Waals surface area contributed by atoms with Gasteiger partial charge < -0.3 is 5.11 Å². The van der Waals surface area contributed by atoms with Crippen molar-refractivity contribution in [2.75, 3.05) is 0 Å². The minimum absolute atomic E-state index is 0.0818. The summed E-state index contributed by atoms with van der Waals surface area (Å²) in [5.41, 5.74) is 2.42. The van der Waals surface area contributed by atoms with E-state index in [9.17, 15) is 5.11 Å². The molecule has 0 heterocycles. The maximum absolute atomic E-state index is 10.9. The van der Waals surface area contributed by atoms with Crippen LogP contribution >= 0.6 is 0 Å². The number of hydrogen-bond acceptors (Lipinski definition) is 1. The molecule has 0 radical (unpaired) electrons. The average Bonchev–Trinajstić information content (AvgIpc) is 3.31. The third kappa shape index (κ3) is 2.79. The highest BCUT2D eigenvalue weighted by molar-refractivity contribution is 5.30. The van der Waals surface area contributed by atoms with Gasteiger partial charge in [0.2, 0.25) is 0 Å². The first-order valence-electron chi connectivity index (χ1n) is 14.5. The first kappa shape index (κ1) is 23.7. The molecule has 1 nitrogen and oxygen atoms in total. The zero-order valence-electron chi connectivity index (χ0n) is 22.8. The van der Waals surface area contributed by atoms with Gasteiger partial charge in [-0.05, 0) is 120 Å². The molecule has 0 saturated heterocycles. The minimum Gasteiger partial charge on any atom is -0.393 e. The summed E-state index contributed by atoms with van der Waals surface area (Å²) in [5.74, 6) is 5.20. The lowest BCUT2D eigenvalue weighted by Gasteiger charge is -2.63. The van der Waals surface area contributed by atoms with Crippen LogP contribution in [0.5, 0.6) is 0 Å². The van der Waals surface area contributed by atoms with E-state index in [2.05, 4.69) is 55.4 Å². The van der Waals surface area contributed by atoms with Crippen molar-refractivity contribution in [1.29, 1.82) is 0 Å². The fourth-order valence-electron chi connectivity index (χ4n) is 11.4. The summed E-state index contributed by atoms with van der Waals surface area (Å²) >= 11 is 0. The van der Waals surface area contributed by atoms with Crippen LogP contribution in [-0.2, 0) is 0 Å². The van der Waals surface area contributed by atoms with Crippen LogP contribution in [0.25, 0.3) is 0 Å². The van der Waals surface area contributed by atoms with E-state index in [-0.39, 0.29) is 11.5 Å². The smallest absolute Gasteiger partial charge is 0.0594 e. The van der Waals surface area contributed by atoms with Gasteiger partial charge in [-0.2, -0.15) is 0 Å². The van der Waals surface area contributed by atoms with Crippen LogP contribution in [0.3, 0.4) is 0 Å². The van der Waals surface area contributed by atoms with Gasteiger partial charge >= 0.3 is 0 Å². The second-order valence-electron chi connectivity index (χ2n) is 15.3. The highest BCUT2D eigenvalue weighted by Crippen LogP contribution is 2.89. The maximum Gasteiger partial charge on any atom is 0.0594 e. The van der Waals surface area contributed by atoms with Gasteiger partial charge in [0.15, 0.2) is 0 Å². The summed E-state index contributed by atoms with van der Waals surface area (Å²) < 4.78 is 0. The van der Waals surface area contributed by atoms with E-state index < -0.39 is 0 Å². The van der Waals surface area contributed by atoms with Crippen LogP contribution in [0.4, 0.5) is 0 Å². The first-order valence-corrected chi connectivity index (χ1v) is 14.5. The Balaban J connectivity index is 1.38. The largest absolute Gasteiger partial charge is 0.393 e. The molecule has 2 spiro atoms. The lowest BCUT2D eigenvalue weighted by molar-refractivity contribution is -0.161. The van der Waals surface area contributed by atoms with E-state index in [1.54, 1.807) is 0 Å². The zero-order valence-corrected chi connectivity index (χ0v) is 22.8. The third-order valence-electron chi connectivity index (χ3n) is 14.1. The zero-order chi connectivity index (χ0) is 23.3. The van der Waals surface area contributed by atoms with Gasteiger partial charge in [0.1, 0.15) is 0 Å². The summed E-state index contributed by atoms with van der Waals surface area (Å²) in [6, 6.07) is 0. The fourth-order valence-corrected chi connectivity index (χ4v) is 11.4. The molecule has 0 bridgehead atoms. The summed E-state index contributed by atoms with van der Waals surface area (Å²) in [6.45, 7) is 20.2. The van der Waals surface area contributed by atoms with Crippen LogP contribution < -0.4 is 0 Å². The molecule has 0 aromatic carbocycles. The second-order valence-corrected chi connectivity index (χ2v) is 15.3. The summed E-state index contributed by atoms with van der Waals surface area (Å²) in [4.78, 5) is 0. The minimum atomic E-state index is -0.0818. The van der Waals surface area contributed by atoms with Crippen LogP contribution in [0, 0.1) is 62.6 Å². The van der Waals surface area contributed by atoms with E-state index >= 15 is 0 Å². The van der Waals surface area contributed by atoms with E-state index in [4.69, 9.17) is 0 Å². The van der Waals surface area contributed by atoms with Gasteiger partial charge in [-0.25, -0.2) is 0 Å². The summed E-state index contributed by atoms with van der Waals surface area (Å²) in [5, 5.41) is 10.9. The number of hydrogen-bond donors (Lipinski definition) is 1. The molecule has 184 valence electrons. The van der Waals surface area contributed by atoms with E-state index in [1.165, 1.54) is 64.2 Å². The Morgan fingerprint density at radius 2 is 1.38 bits per heavy atom. The molecule has 32 heavy (non-hydrogen) atoms. The molecule has 1 N–H and O–H groups in total. The maximum atomic E-state index is 10.9. The monoisotopic (exact) mass is 442 g/mol. The molecule has 0 aromatic rings. The molecule has 0 amide bonds. The molecule has 5 aliphatic rings. The molecule has 10 atom stereocenters. The van der Waals surface area contributed by atoms with Crippen molar-refractivity contribution in [3.05, 3.63) is 0 Å². The highest BCUT2D eigenvalue weighted by atomic mass is 16.3. The van der Waals surface area contributed by atoms with Gasteiger partial charge in [0.25, 0.3) is 0 Å². The molecule has 5 saturated carbocycles. The fraction of sp³-hybridized carbons (Fsp3) is 1.00. The van der Waals surface area contributed by atoms with Crippen molar-refractivity contribution < 1.29 is 5.11 Å². The van der Waals surface area contributed by atoms with E-state index in [0.29, 0.717) is 21.7 Å². The molecule has 5 fully saturated rings. The van der Waals surface area contributed by atoms with Gasteiger partial charge in [-0.1, -0.05) is 68.2 Å². The Kier molecular flexibility index (Phi) is 5.36. The average molecular weight is 443 g/mol. The molecule has 5 aliphatic carbocycles. The topological polar surface area (TPSA) is 20.2 Å². The quantitative estimate of drug-likeness (QED) is 0.452. The molecule has 0 unspecified atom stereocenters. The normalized spacial score (nSPS) is 53.1. The molecular weight excluding hydrogens is 388 g/mol. The van der Waals surface area contributed by atoms with Crippen LogP contribution in [-0.4, -0.2) is 11.2 Å². The lowest BCUT2D eigenvalue weighted by atomic mass is 9.41. The van der Waals surface area contributed by atoms with Crippen LogP contribution in [0.2, 0.25) is 0 Å². The van der Waals surface area contributed by atoms with Gasteiger partial charge in [0, 0.05) is 0 Å². The Bertz CT molecular complexity index is 739.